The first kappa shape index (κ1) is 22.3. The smallest absolute Gasteiger partial charge is 0.325 e. The van der Waals surface area contributed by atoms with Gasteiger partial charge >= 0.3 is 6.03 Å². The number of hydrogen-bond donors (Lipinski definition) is 2. The number of urea groups is 1. The summed E-state index contributed by atoms with van der Waals surface area (Å²) in [5, 5.41) is 2.62. The van der Waals surface area contributed by atoms with Gasteiger partial charge in [0.25, 0.3) is 5.91 Å². The summed E-state index contributed by atoms with van der Waals surface area (Å²) < 4.78 is 14.0. The number of carbonyl (C=O) groups excluding carboxylic acids is 4. The van der Waals surface area contributed by atoms with Gasteiger partial charge in [-0.2, -0.15) is 0 Å². The van der Waals surface area contributed by atoms with Crippen LogP contribution in [0.3, 0.4) is 0 Å². The Morgan fingerprint density at radius 2 is 1.76 bits per heavy atom. The summed E-state index contributed by atoms with van der Waals surface area (Å²) in [4.78, 5) is 54.3. The van der Waals surface area contributed by atoms with Gasteiger partial charge in [-0.3, -0.25) is 19.3 Å². The van der Waals surface area contributed by atoms with E-state index in [2.05, 4.69) is 5.32 Å². The van der Waals surface area contributed by atoms with Crippen LogP contribution in [0.25, 0.3) is 0 Å². The topological polar surface area (TPSA) is 116 Å². The van der Waals surface area contributed by atoms with E-state index in [0.29, 0.717) is 37.4 Å². The number of para-hydroxylation sites is 1. The standard InChI is InChI=1S/C23H24FN5O4/c1-23(16-6-4-5-15(13-16)20(25)31)21(32)29(22(33)26-23)14-19(30)28-11-9-27(10-12-28)18-8-3-2-7-17(18)24/h2-8,13H,9-12,14H2,1H3,(H2,25,31)(H,26,33). The van der Waals surface area contributed by atoms with Crippen LogP contribution in [0.2, 0.25) is 0 Å². The highest BCUT2D eigenvalue weighted by molar-refractivity contribution is 6.09. The van der Waals surface area contributed by atoms with E-state index in [1.807, 2.05) is 4.90 Å². The van der Waals surface area contributed by atoms with Crippen molar-refractivity contribution >= 4 is 29.4 Å². The van der Waals surface area contributed by atoms with E-state index in [9.17, 15) is 23.6 Å². The second-order valence-electron chi connectivity index (χ2n) is 8.21. The number of rotatable bonds is 5. The third-order valence-electron chi connectivity index (χ3n) is 6.12. The molecule has 5 amide bonds. The lowest BCUT2D eigenvalue weighted by Crippen LogP contribution is -2.52. The molecule has 0 aliphatic carbocycles. The highest BCUT2D eigenvalue weighted by Gasteiger charge is 2.50. The molecule has 33 heavy (non-hydrogen) atoms. The van der Waals surface area contributed by atoms with Crippen LogP contribution in [0.15, 0.2) is 48.5 Å². The summed E-state index contributed by atoms with van der Waals surface area (Å²) in [7, 11) is 0. The normalized spacial score (nSPS) is 20.7. The number of hydrogen-bond acceptors (Lipinski definition) is 5. The maximum atomic E-state index is 14.0. The van der Waals surface area contributed by atoms with E-state index in [1.165, 1.54) is 25.1 Å². The number of nitrogens with zero attached hydrogens (tertiary/aromatic N) is 3. The predicted molar refractivity (Wildman–Crippen MR) is 118 cm³/mol. The molecule has 9 nitrogen and oxygen atoms in total. The minimum absolute atomic E-state index is 0.207. The zero-order chi connectivity index (χ0) is 23.8. The predicted octanol–water partition coefficient (Wildman–Crippen LogP) is 1.04. The number of amides is 5. The van der Waals surface area contributed by atoms with Gasteiger partial charge in [0.05, 0.1) is 5.69 Å². The van der Waals surface area contributed by atoms with E-state index >= 15 is 0 Å². The van der Waals surface area contributed by atoms with Gasteiger partial charge in [0.1, 0.15) is 17.9 Å². The molecule has 0 radical (unpaired) electrons. The fourth-order valence-corrected chi connectivity index (χ4v) is 4.16. The molecule has 2 aliphatic heterocycles. The monoisotopic (exact) mass is 453 g/mol. The Morgan fingerprint density at radius 3 is 2.42 bits per heavy atom. The fraction of sp³-hybridized carbons (Fsp3) is 0.304. The molecule has 2 aromatic rings. The molecule has 1 atom stereocenters. The maximum absolute atomic E-state index is 14.0. The summed E-state index contributed by atoms with van der Waals surface area (Å²) in [5.41, 5.74) is 4.98. The van der Waals surface area contributed by atoms with Crippen molar-refractivity contribution in [2.45, 2.75) is 12.5 Å². The average Bonchev–Trinajstić information content (AvgIpc) is 3.03. The van der Waals surface area contributed by atoms with Crippen molar-refractivity contribution in [3.05, 3.63) is 65.5 Å². The number of anilines is 1. The van der Waals surface area contributed by atoms with E-state index < -0.39 is 29.9 Å². The Hall–Kier alpha value is -3.95. The van der Waals surface area contributed by atoms with Crippen molar-refractivity contribution < 1.29 is 23.6 Å². The fourth-order valence-electron chi connectivity index (χ4n) is 4.16. The number of imide groups is 1. The molecule has 2 fully saturated rings. The number of nitrogens with one attached hydrogen (secondary N) is 1. The average molecular weight is 453 g/mol. The molecular weight excluding hydrogens is 429 g/mol. The highest BCUT2D eigenvalue weighted by Crippen LogP contribution is 2.29. The number of halogens is 1. The Morgan fingerprint density at radius 1 is 1.06 bits per heavy atom. The van der Waals surface area contributed by atoms with Gasteiger partial charge in [0.15, 0.2) is 0 Å². The largest absolute Gasteiger partial charge is 0.366 e. The zero-order valence-corrected chi connectivity index (χ0v) is 18.1. The quantitative estimate of drug-likeness (QED) is 0.657. The number of primary amides is 1. The molecule has 0 saturated carbocycles. The van der Waals surface area contributed by atoms with Crippen LogP contribution in [0.4, 0.5) is 14.9 Å². The Labute approximate surface area is 189 Å². The minimum atomic E-state index is -1.42. The Bertz CT molecular complexity index is 1130. The molecule has 0 spiro atoms. The van der Waals surface area contributed by atoms with Crippen molar-refractivity contribution in [3.8, 4) is 0 Å². The Balaban J connectivity index is 1.42. The van der Waals surface area contributed by atoms with Gasteiger partial charge in [0, 0.05) is 31.7 Å². The van der Waals surface area contributed by atoms with Crippen molar-refractivity contribution in [3.63, 3.8) is 0 Å². The molecule has 0 bridgehead atoms. The van der Waals surface area contributed by atoms with E-state index in [4.69, 9.17) is 5.73 Å². The molecule has 3 N–H and O–H groups in total. The second-order valence-corrected chi connectivity index (χ2v) is 8.21. The van der Waals surface area contributed by atoms with Crippen LogP contribution >= 0.6 is 0 Å². The zero-order valence-electron chi connectivity index (χ0n) is 18.1. The molecule has 2 heterocycles. The van der Waals surface area contributed by atoms with Crippen LogP contribution in [-0.4, -0.2) is 66.3 Å². The van der Waals surface area contributed by atoms with Crippen molar-refractivity contribution in [1.82, 2.24) is 15.1 Å². The van der Waals surface area contributed by atoms with Crippen LogP contribution in [0.1, 0.15) is 22.8 Å². The van der Waals surface area contributed by atoms with Crippen molar-refractivity contribution in [1.29, 1.82) is 0 Å². The molecule has 4 rings (SSSR count). The second kappa shape index (κ2) is 8.53. The highest BCUT2D eigenvalue weighted by atomic mass is 19.1. The van der Waals surface area contributed by atoms with Crippen molar-refractivity contribution in [2.75, 3.05) is 37.6 Å². The maximum Gasteiger partial charge on any atom is 0.325 e. The molecule has 172 valence electrons. The molecule has 10 heteroatoms. The minimum Gasteiger partial charge on any atom is -0.366 e. The van der Waals surface area contributed by atoms with Crippen molar-refractivity contribution in [2.24, 2.45) is 5.73 Å². The first-order chi connectivity index (χ1) is 15.7. The lowest BCUT2D eigenvalue weighted by atomic mass is 9.90. The number of benzene rings is 2. The summed E-state index contributed by atoms with van der Waals surface area (Å²) >= 11 is 0. The number of piperazine rings is 1. The van der Waals surface area contributed by atoms with Crippen LogP contribution < -0.4 is 16.0 Å². The van der Waals surface area contributed by atoms with Gasteiger partial charge in [-0.25, -0.2) is 9.18 Å². The SMILES string of the molecule is CC1(c2cccc(C(N)=O)c2)NC(=O)N(CC(=O)N2CCN(c3ccccc3F)CC2)C1=O. The molecule has 1 unspecified atom stereocenters. The van der Waals surface area contributed by atoms with Crippen LogP contribution in [0.5, 0.6) is 0 Å². The van der Waals surface area contributed by atoms with Gasteiger partial charge in [-0.1, -0.05) is 24.3 Å². The third-order valence-corrected chi connectivity index (χ3v) is 6.12. The number of carbonyl (C=O) groups is 4. The van der Waals surface area contributed by atoms with Gasteiger partial charge in [0.2, 0.25) is 11.8 Å². The van der Waals surface area contributed by atoms with Crippen LogP contribution in [0, 0.1) is 5.82 Å². The molecule has 0 aromatic heterocycles. The first-order valence-electron chi connectivity index (χ1n) is 10.5. The number of nitrogens with two attached hydrogens (primary N) is 1. The molecule has 2 saturated heterocycles. The summed E-state index contributed by atoms with van der Waals surface area (Å²) in [6, 6.07) is 11.9. The summed E-state index contributed by atoms with van der Waals surface area (Å²) in [6.07, 6.45) is 0. The third kappa shape index (κ3) is 4.11. The first-order valence-corrected chi connectivity index (χ1v) is 10.5. The molecule has 2 aromatic carbocycles. The van der Waals surface area contributed by atoms with Gasteiger partial charge in [-0.15, -0.1) is 0 Å². The summed E-state index contributed by atoms with van der Waals surface area (Å²) in [6.45, 7) is 2.67. The van der Waals surface area contributed by atoms with E-state index in [1.54, 1.807) is 35.2 Å². The van der Waals surface area contributed by atoms with Gasteiger partial charge in [-0.05, 0) is 36.8 Å². The lowest BCUT2D eigenvalue weighted by Gasteiger charge is -2.36. The molecular formula is C23H24FN5O4. The van der Waals surface area contributed by atoms with E-state index in [0.717, 1.165) is 4.90 Å². The Kier molecular flexibility index (Phi) is 5.75. The lowest BCUT2D eigenvalue weighted by molar-refractivity contribution is -0.139. The summed E-state index contributed by atoms with van der Waals surface area (Å²) in [5.74, 6) is -1.94. The molecule has 2 aliphatic rings. The van der Waals surface area contributed by atoms with Gasteiger partial charge < -0.3 is 20.9 Å². The van der Waals surface area contributed by atoms with Crippen LogP contribution in [-0.2, 0) is 15.1 Å². The van der Waals surface area contributed by atoms with E-state index in [-0.39, 0.29) is 17.3 Å².